The molecule has 4 aromatic rings. The maximum Gasteiger partial charge on any atom is 0.326 e. The van der Waals surface area contributed by atoms with Crippen LogP contribution in [0.1, 0.15) is 11.1 Å². The zero-order valence-electron chi connectivity index (χ0n) is 15.3. The molecule has 0 aliphatic carbocycles. The number of aromatic nitrogens is 4. The number of hydrogen-bond acceptors (Lipinski definition) is 5. The molecule has 0 aliphatic rings. The lowest BCUT2D eigenvalue weighted by Crippen LogP contribution is -2.25. The van der Waals surface area contributed by atoms with Gasteiger partial charge in [0.1, 0.15) is 24.9 Å². The minimum Gasteiger partial charge on any atom is -0.459 e. The molecule has 0 bridgehead atoms. The first-order valence-electron chi connectivity index (χ1n) is 8.82. The third-order valence-electron chi connectivity index (χ3n) is 4.44. The Morgan fingerprint density at radius 3 is 2.61 bits per heavy atom. The molecule has 2 aromatic heterocycles. The van der Waals surface area contributed by atoms with Gasteiger partial charge in [0.15, 0.2) is 5.65 Å². The van der Waals surface area contributed by atoms with Crippen LogP contribution < -0.4 is 5.56 Å². The number of carbonyl (C=O) groups excluding carboxylic acids is 1. The van der Waals surface area contributed by atoms with Gasteiger partial charge in [-0.1, -0.05) is 48.5 Å². The van der Waals surface area contributed by atoms with Crippen LogP contribution in [0.2, 0.25) is 0 Å². The molecule has 0 amide bonds. The van der Waals surface area contributed by atoms with Gasteiger partial charge in [0.25, 0.3) is 5.56 Å². The van der Waals surface area contributed by atoms with E-state index in [0.29, 0.717) is 11.0 Å². The molecular formula is C21H18N4O3. The van der Waals surface area contributed by atoms with Crippen LogP contribution >= 0.6 is 0 Å². The highest BCUT2D eigenvalue weighted by Gasteiger charge is 2.14. The van der Waals surface area contributed by atoms with Crippen molar-refractivity contribution in [1.82, 2.24) is 19.3 Å². The summed E-state index contributed by atoms with van der Waals surface area (Å²) in [5.74, 6) is -0.501. The van der Waals surface area contributed by atoms with Gasteiger partial charge in [0.2, 0.25) is 0 Å². The molecule has 4 rings (SSSR count). The van der Waals surface area contributed by atoms with Crippen LogP contribution in [0.3, 0.4) is 0 Å². The Morgan fingerprint density at radius 2 is 1.82 bits per heavy atom. The van der Waals surface area contributed by atoms with Crippen LogP contribution in [0.25, 0.3) is 16.7 Å². The lowest BCUT2D eigenvalue weighted by Gasteiger charge is -2.08. The van der Waals surface area contributed by atoms with Gasteiger partial charge < -0.3 is 4.74 Å². The lowest BCUT2D eigenvalue weighted by molar-refractivity contribution is -0.145. The Balaban J connectivity index is 1.56. The molecule has 0 unspecified atom stereocenters. The Labute approximate surface area is 160 Å². The molecule has 7 nitrogen and oxygen atoms in total. The van der Waals surface area contributed by atoms with Crippen molar-refractivity contribution >= 4 is 17.0 Å². The van der Waals surface area contributed by atoms with E-state index >= 15 is 0 Å². The Kier molecular flexibility index (Phi) is 4.72. The summed E-state index contributed by atoms with van der Waals surface area (Å²) in [5, 5.41) is 4.66. The number of para-hydroxylation sites is 1. The molecule has 0 atom stereocenters. The van der Waals surface area contributed by atoms with Crippen molar-refractivity contribution in [2.24, 2.45) is 0 Å². The van der Waals surface area contributed by atoms with E-state index in [-0.39, 0.29) is 18.7 Å². The van der Waals surface area contributed by atoms with Crippen LogP contribution in [0, 0.1) is 6.92 Å². The molecule has 0 aliphatic heterocycles. The highest BCUT2D eigenvalue weighted by molar-refractivity contribution is 5.76. The molecule has 0 spiro atoms. The molecule has 140 valence electrons. The normalized spacial score (nSPS) is 10.9. The van der Waals surface area contributed by atoms with Gasteiger partial charge in [-0.15, -0.1) is 0 Å². The van der Waals surface area contributed by atoms with Crippen molar-refractivity contribution in [3.05, 3.63) is 88.6 Å². The summed E-state index contributed by atoms with van der Waals surface area (Å²) < 4.78 is 8.11. The van der Waals surface area contributed by atoms with Crippen LogP contribution in [-0.4, -0.2) is 25.3 Å². The molecule has 0 N–H and O–H groups in total. The van der Waals surface area contributed by atoms with Crippen molar-refractivity contribution < 1.29 is 9.53 Å². The van der Waals surface area contributed by atoms with Crippen molar-refractivity contribution in [3.8, 4) is 5.69 Å². The van der Waals surface area contributed by atoms with Crippen LogP contribution in [0.5, 0.6) is 0 Å². The van der Waals surface area contributed by atoms with Gasteiger partial charge in [-0.25, -0.2) is 9.67 Å². The van der Waals surface area contributed by atoms with E-state index in [2.05, 4.69) is 10.1 Å². The predicted molar refractivity (Wildman–Crippen MR) is 104 cm³/mol. The minimum absolute atomic E-state index is 0.162. The molecule has 0 radical (unpaired) electrons. The van der Waals surface area contributed by atoms with Gasteiger partial charge in [-0.3, -0.25) is 14.2 Å². The van der Waals surface area contributed by atoms with E-state index in [4.69, 9.17) is 4.74 Å². The number of hydrogen-bond donors (Lipinski definition) is 0. The van der Waals surface area contributed by atoms with E-state index < -0.39 is 5.97 Å². The Morgan fingerprint density at radius 1 is 1.07 bits per heavy atom. The SMILES string of the molecule is Cc1ccccc1-n1ncc2c(=O)n(CC(=O)OCc3ccccc3)cnc21. The van der Waals surface area contributed by atoms with Crippen LogP contribution in [0.15, 0.2) is 71.9 Å². The summed E-state index contributed by atoms with van der Waals surface area (Å²) in [5.41, 5.74) is 2.87. The summed E-state index contributed by atoms with van der Waals surface area (Å²) in [6.07, 6.45) is 2.83. The van der Waals surface area contributed by atoms with E-state index in [1.165, 1.54) is 17.1 Å². The molecule has 0 saturated heterocycles. The van der Waals surface area contributed by atoms with E-state index in [1.54, 1.807) is 4.68 Å². The maximum absolute atomic E-state index is 12.7. The lowest BCUT2D eigenvalue weighted by atomic mass is 10.2. The maximum atomic E-state index is 12.7. The second-order valence-corrected chi connectivity index (χ2v) is 6.40. The zero-order chi connectivity index (χ0) is 19.5. The van der Waals surface area contributed by atoms with Crippen LogP contribution in [-0.2, 0) is 22.7 Å². The van der Waals surface area contributed by atoms with Gasteiger partial charge in [-0.2, -0.15) is 5.10 Å². The summed E-state index contributed by atoms with van der Waals surface area (Å²) >= 11 is 0. The number of nitrogens with zero attached hydrogens (tertiary/aromatic N) is 4. The van der Waals surface area contributed by atoms with Gasteiger partial charge >= 0.3 is 5.97 Å². The highest BCUT2D eigenvalue weighted by Crippen LogP contribution is 2.17. The largest absolute Gasteiger partial charge is 0.459 e. The van der Waals surface area contributed by atoms with E-state index in [9.17, 15) is 9.59 Å². The van der Waals surface area contributed by atoms with E-state index in [1.807, 2.05) is 61.5 Å². The fraction of sp³-hybridized carbons (Fsp3) is 0.143. The van der Waals surface area contributed by atoms with Crippen molar-refractivity contribution in [1.29, 1.82) is 0 Å². The second-order valence-electron chi connectivity index (χ2n) is 6.40. The molecule has 0 saturated carbocycles. The van der Waals surface area contributed by atoms with Gasteiger partial charge in [0, 0.05) is 0 Å². The smallest absolute Gasteiger partial charge is 0.326 e. The van der Waals surface area contributed by atoms with Crippen molar-refractivity contribution in [3.63, 3.8) is 0 Å². The van der Waals surface area contributed by atoms with Gasteiger partial charge in [-0.05, 0) is 24.1 Å². The molecule has 7 heteroatoms. The first-order chi connectivity index (χ1) is 13.6. The average molecular weight is 374 g/mol. The van der Waals surface area contributed by atoms with Crippen molar-refractivity contribution in [2.45, 2.75) is 20.1 Å². The summed E-state index contributed by atoms with van der Waals surface area (Å²) in [4.78, 5) is 29.2. The predicted octanol–water partition coefficient (Wildman–Crippen LogP) is 2.63. The summed E-state index contributed by atoms with van der Waals surface area (Å²) in [6.45, 7) is 1.92. The molecule has 0 fully saturated rings. The third-order valence-corrected chi connectivity index (χ3v) is 4.44. The summed E-state index contributed by atoms with van der Waals surface area (Å²) in [6, 6.07) is 17.1. The number of carbonyl (C=O) groups is 1. The van der Waals surface area contributed by atoms with Crippen molar-refractivity contribution in [2.75, 3.05) is 0 Å². The first kappa shape index (κ1) is 17.7. The quantitative estimate of drug-likeness (QED) is 0.502. The number of esters is 1. The monoisotopic (exact) mass is 374 g/mol. The second kappa shape index (κ2) is 7.48. The first-order valence-corrected chi connectivity index (χ1v) is 8.82. The molecular weight excluding hydrogens is 356 g/mol. The number of aryl methyl sites for hydroxylation is 1. The number of benzene rings is 2. The Hall–Kier alpha value is -3.74. The third kappa shape index (κ3) is 3.42. The Bertz CT molecular complexity index is 1200. The topological polar surface area (TPSA) is 79.0 Å². The van der Waals surface area contributed by atoms with Crippen LogP contribution in [0.4, 0.5) is 0 Å². The molecule has 2 heterocycles. The number of rotatable bonds is 5. The molecule has 2 aromatic carbocycles. The minimum atomic E-state index is -0.501. The zero-order valence-corrected chi connectivity index (χ0v) is 15.3. The fourth-order valence-electron chi connectivity index (χ4n) is 2.96. The fourth-order valence-corrected chi connectivity index (χ4v) is 2.96. The molecule has 28 heavy (non-hydrogen) atoms. The summed E-state index contributed by atoms with van der Waals surface area (Å²) in [7, 11) is 0. The highest BCUT2D eigenvalue weighted by atomic mass is 16.5. The number of ether oxygens (including phenoxy) is 1. The van der Waals surface area contributed by atoms with Gasteiger partial charge in [0.05, 0.1) is 11.9 Å². The van der Waals surface area contributed by atoms with E-state index in [0.717, 1.165) is 16.8 Å². The standard InChI is InChI=1S/C21H18N4O3/c1-15-7-5-6-10-18(15)25-20-17(11-23-25)21(27)24(14-22-20)12-19(26)28-13-16-8-3-2-4-9-16/h2-11,14H,12-13H2,1H3. The average Bonchev–Trinajstić information content (AvgIpc) is 3.14. The number of fused-ring (bicyclic) bond motifs is 1.